The van der Waals surface area contributed by atoms with Crippen LogP contribution in [0.4, 0.5) is 5.82 Å². The number of H-pyrrole nitrogens is 1. The van der Waals surface area contributed by atoms with E-state index < -0.39 is 0 Å². The number of hydrogen-bond donors (Lipinski definition) is 2. The summed E-state index contributed by atoms with van der Waals surface area (Å²) in [5.41, 5.74) is 1.11. The molecule has 1 saturated carbocycles. The number of piperidine rings is 1. The van der Waals surface area contributed by atoms with Crippen molar-refractivity contribution < 1.29 is 4.79 Å². The summed E-state index contributed by atoms with van der Waals surface area (Å²) in [6.45, 7) is 7.97. The Labute approximate surface area is 144 Å². The van der Waals surface area contributed by atoms with Crippen molar-refractivity contribution in [2.75, 3.05) is 44.2 Å². The number of carbonyl (C=O) groups is 1. The number of rotatable bonds is 3. The summed E-state index contributed by atoms with van der Waals surface area (Å²) in [6, 6.07) is 2.20. The lowest BCUT2D eigenvalue weighted by atomic mass is 9.69. The first-order chi connectivity index (χ1) is 11.7. The van der Waals surface area contributed by atoms with Gasteiger partial charge in [-0.15, -0.1) is 0 Å². The largest absolute Gasteiger partial charge is 0.353 e. The molecule has 2 N–H and O–H groups in total. The van der Waals surface area contributed by atoms with Crippen LogP contribution in [0.5, 0.6) is 0 Å². The first-order valence-electron chi connectivity index (χ1n) is 9.46. The van der Waals surface area contributed by atoms with Crippen molar-refractivity contribution in [1.29, 1.82) is 0 Å². The van der Waals surface area contributed by atoms with Crippen LogP contribution in [-0.2, 0) is 4.79 Å². The average Bonchev–Trinajstić information content (AvgIpc) is 3.10. The van der Waals surface area contributed by atoms with Gasteiger partial charge in [-0.1, -0.05) is 13.3 Å². The Morgan fingerprint density at radius 3 is 2.75 bits per heavy atom. The smallest absolute Gasteiger partial charge is 0.228 e. The lowest BCUT2D eigenvalue weighted by molar-refractivity contribution is -0.147. The van der Waals surface area contributed by atoms with Gasteiger partial charge < -0.3 is 15.1 Å². The maximum absolute atomic E-state index is 12.8. The van der Waals surface area contributed by atoms with Crippen molar-refractivity contribution in [3.8, 4) is 0 Å². The van der Waals surface area contributed by atoms with Gasteiger partial charge in [0.05, 0.1) is 0 Å². The Morgan fingerprint density at radius 2 is 2.04 bits per heavy atom. The third kappa shape index (κ3) is 2.92. The predicted molar refractivity (Wildman–Crippen MR) is 94.2 cm³/mol. The molecule has 1 unspecified atom stereocenters. The molecule has 0 radical (unpaired) electrons. The SMILES string of the molecule is CC1(C(=O)N2CCCC(c3cc(N4CCNCC4)n[nH]3)C2)CCC1. The predicted octanol–water partition coefficient (Wildman–Crippen LogP) is 1.72. The van der Waals surface area contributed by atoms with Crippen LogP contribution in [0, 0.1) is 5.41 Å². The molecule has 1 amide bonds. The highest BCUT2D eigenvalue weighted by Crippen LogP contribution is 2.43. The summed E-state index contributed by atoms with van der Waals surface area (Å²) in [6.07, 6.45) is 5.56. The monoisotopic (exact) mass is 331 g/mol. The Kier molecular flexibility index (Phi) is 4.24. The highest BCUT2D eigenvalue weighted by molar-refractivity contribution is 5.83. The quantitative estimate of drug-likeness (QED) is 0.885. The molecule has 2 saturated heterocycles. The molecule has 0 aromatic carbocycles. The highest BCUT2D eigenvalue weighted by Gasteiger charge is 2.43. The van der Waals surface area contributed by atoms with Crippen molar-refractivity contribution in [2.45, 2.75) is 44.9 Å². The summed E-state index contributed by atoms with van der Waals surface area (Å²) in [7, 11) is 0. The first-order valence-corrected chi connectivity index (χ1v) is 9.46. The van der Waals surface area contributed by atoms with Crippen LogP contribution in [0.15, 0.2) is 6.07 Å². The molecule has 1 aliphatic carbocycles. The second-order valence-electron chi connectivity index (χ2n) is 7.92. The molecule has 1 atom stereocenters. The van der Waals surface area contributed by atoms with Crippen LogP contribution in [0.25, 0.3) is 0 Å². The van der Waals surface area contributed by atoms with Gasteiger partial charge in [0.25, 0.3) is 0 Å². The zero-order chi connectivity index (χ0) is 16.6. The van der Waals surface area contributed by atoms with Gasteiger partial charge >= 0.3 is 0 Å². The second kappa shape index (κ2) is 6.39. The number of anilines is 1. The molecule has 3 heterocycles. The Hall–Kier alpha value is -1.56. The van der Waals surface area contributed by atoms with E-state index >= 15 is 0 Å². The minimum Gasteiger partial charge on any atom is -0.353 e. The fourth-order valence-electron chi connectivity index (χ4n) is 4.31. The first kappa shape index (κ1) is 15.9. The summed E-state index contributed by atoms with van der Waals surface area (Å²) >= 11 is 0. The number of nitrogens with zero attached hydrogens (tertiary/aromatic N) is 3. The summed E-state index contributed by atoms with van der Waals surface area (Å²) < 4.78 is 0. The van der Waals surface area contributed by atoms with Crippen molar-refractivity contribution in [2.24, 2.45) is 5.41 Å². The van der Waals surface area contributed by atoms with Crippen molar-refractivity contribution in [1.82, 2.24) is 20.4 Å². The van der Waals surface area contributed by atoms with Crippen LogP contribution in [0.3, 0.4) is 0 Å². The Morgan fingerprint density at radius 1 is 1.25 bits per heavy atom. The van der Waals surface area contributed by atoms with Crippen LogP contribution in [-0.4, -0.2) is 60.3 Å². The summed E-state index contributed by atoms with van der Waals surface area (Å²) in [5, 5.41) is 11.2. The molecule has 132 valence electrons. The van der Waals surface area contributed by atoms with Gasteiger partial charge in [0, 0.05) is 62.4 Å². The Balaban J connectivity index is 1.42. The summed E-state index contributed by atoms with van der Waals surface area (Å²) in [5.74, 6) is 1.83. The lowest BCUT2D eigenvalue weighted by Crippen LogP contribution is -2.49. The fourth-order valence-corrected chi connectivity index (χ4v) is 4.31. The van der Waals surface area contributed by atoms with Gasteiger partial charge in [-0.2, -0.15) is 5.10 Å². The molecule has 0 spiro atoms. The molecule has 1 aromatic rings. The van der Waals surface area contributed by atoms with E-state index in [2.05, 4.69) is 38.3 Å². The lowest BCUT2D eigenvalue weighted by Gasteiger charge is -2.43. The van der Waals surface area contributed by atoms with E-state index in [1.807, 2.05) is 0 Å². The van der Waals surface area contributed by atoms with Gasteiger partial charge in [-0.25, -0.2) is 0 Å². The molecule has 24 heavy (non-hydrogen) atoms. The van der Waals surface area contributed by atoms with Gasteiger partial charge in [0.2, 0.25) is 5.91 Å². The average molecular weight is 331 g/mol. The highest BCUT2D eigenvalue weighted by atomic mass is 16.2. The molecular weight excluding hydrogens is 302 g/mol. The third-order valence-corrected chi connectivity index (χ3v) is 6.15. The third-order valence-electron chi connectivity index (χ3n) is 6.15. The number of aromatic amines is 1. The minimum atomic E-state index is -0.0815. The number of nitrogens with one attached hydrogen (secondary N) is 2. The van der Waals surface area contributed by atoms with E-state index in [4.69, 9.17) is 0 Å². The zero-order valence-corrected chi connectivity index (χ0v) is 14.7. The molecule has 4 rings (SSSR count). The number of likely N-dealkylation sites (tertiary alicyclic amines) is 1. The normalized spacial score (nSPS) is 27.0. The van der Waals surface area contributed by atoms with Gasteiger partial charge in [0.15, 0.2) is 5.82 Å². The van der Waals surface area contributed by atoms with E-state index in [0.29, 0.717) is 11.8 Å². The van der Waals surface area contributed by atoms with Gasteiger partial charge in [-0.05, 0) is 25.7 Å². The molecule has 0 bridgehead atoms. The van der Waals surface area contributed by atoms with E-state index in [0.717, 1.165) is 70.8 Å². The standard InChI is InChI=1S/C18H29N5O/c1-18(5-3-6-18)17(24)23-9-2-4-14(13-23)15-12-16(21-20-15)22-10-7-19-8-11-22/h12,14,19H,2-11,13H2,1H3,(H,20,21). The number of carbonyl (C=O) groups excluding carboxylic acids is 1. The van der Waals surface area contributed by atoms with Crippen molar-refractivity contribution in [3.63, 3.8) is 0 Å². The van der Waals surface area contributed by atoms with E-state index in [1.165, 1.54) is 12.1 Å². The van der Waals surface area contributed by atoms with E-state index in [1.54, 1.807) is 0 Å². The van der Waals surface area contributed by atoms with Crippen LogP contribution >= 0.6 is 0 Å². The van der Waals surface area contributed by atoms with E-state index in [9.17, 15) is 4.79 Å². The molecule has 3 aliphatic rings. The zero-order valence-electron chi connectivity index (χ0n) is 14.7. The van der Waals surface area contributed by atoms with Crippen molar-refractivity contribution in [3.05, 3.63) is 11.8 Å². The number of aromatic nitrogens is 2. The number of amides is 1. The van der Waals surface area contributed by atoms with Gasteiger partial charge in [-0.3, -0.25) is 9.89 Å². The molecule has 6 nitrogen and oxygen atoms in total. The topological polar surface area (TPSA) is 64.3 Å². The number of piperazine rings is 1. The van der Waals surface area contributed by atoms with Crippen LogP contribution < -0.4 is 10.2 Å². The van der Waals surface area contributed by atoms with Gasteiger partial charge in [0.1, 0.15) is 0 Å². The minimum absolute atomic E-state index is 0.0815. The van der Waals surface area contributed by atoms with Crippen LogP contribution in [0.1, 0.15) is 50.6 Å². The Bertz CT molecular complexity index is 588. The summed E-state index contributed by atoms with van der Waals surface area (Å²) in [4.78, 5) is 17.3. The van der Waals surface area contributed by atoms with E-state index in [-0.39, 0.29) is 5.41 Å². The maximum Gasteiger partial charge on any atom is 0.228 e. The number of hydrogen-bond acceptors (Lipinski definition) is 4. The molecule has 2 aliphatic heterocycles. The molecular formula is C18H29N5O. The molecule has 3 fully saturated rings. The molecule has 6 heteroatoms. The van der Waals surface area contributed by atoms with Crippen molar-refractivity contribution >= 4 is 11.7 Å². The second-order valence-corrected chi connectivity index (χ2v) is 7.92. The molecule has 1 aromatic heterocycles. The maximum atomic E-state index is 12.8. The van der Waals surface area contributed by atoms with Crippen LogP contribution in [0.2, 0.25) is 0 Å². The fraction of sp³-hybridized carbons (Fsp3) is 0.778.